The van der Waals surface area contributed by atoms with Gasteiger partial charge in [-0.25, -0.2) is 0 Å². The molecule has 2 rings (SSSR count). The van der Waals surface area contributed by atoms with Crippen molar-refractivity contribution in [2.45, 2.75) is 0 Å². The first kappa shape index (κ1) is 7.57. The number of nitrogen functional groups attached to an aromatic ring is 2. The number of hydrogen-bond donors (Lipinski definition) is 2. The van der Waals surface area contributed by atoms with Crippen LogP contribution in [-0.4, -0.2) is 8.75 Å². The Kier molecular flexibility index (Phi) is 1.55. The Hall–Kier alpha value is -1.07. The number of halogens is 1. The Morgan fingerprint density at radius 1 is 1.33 bits per heavy atom. The summed E-state index contributed by atoms with van der Waals surface area (Å²) in [5.41, 5.74) is 13.4. The van der Waals surface area contributed by atoms with Crippen LogP contribution in [0.4, 0.5) is 11.4 Å². The van der Waals surface area contributed by atoms with Crippen LogP contribution in [0.5, 0.6) is 0 Å². The summed E-state index contributed by atoms with van der Waals surface area (Å²) in [6, 6.07) is 1.66. The molecule has 0 amide bonds. The van der Waals surface area contributed by atoms with Crippen molar-refractivity contribution >= 4 is 45.7 Å². The van der Waals surface area contributed by atoms with Crippen molar-refractivity contribution in [1.82, 2.24) is 8.75 Å². The fourth-order valence-electron chi connectivity index (χ4n) is 0.947. The van der Waals surface area contributed by atoms with Crippen LogP contribution in [-0.2, 0) is 0 Å². The molecule has 12 heavy (non-hydrogen) atoms. The molecule has 0 bridgehead atoms. The first-order chi connectivity index (χ1) is 5.70. The number of hydrogen-bond acceptors (Lipinski definition) is 5. The predicted molar refractivity (Wildman–Crippen MR) is 51.2 cm³/mol. The molecule has 0 spiro atoms. The largest absolute Gasteiger partial charge is 0.397 e. The molecule has 0 unspecified atom stereocenters. The number of rotatable bonds is 0. The number of benzene rings is 1. The van der Waals surface area contributed by atoms with E-state index in [-0.39, 0.29) is 0 Å². The van der Waals surface area contributed by atoms with E-state index in [9.17, 15) is 0 Å². The van der Waals surface area contributed by atoms with Gasteiger partial charge >= 0.3 is 0 Å². The van der Waals surface area contributed by atoms with E-state index in [1.54, 1.807) is 6.07 Å². The van der Waals surface area contributed by atoms with E-state index in [1.807, 2.05) is 0 Å². The zero-order valence-corrected chi connectivity index (χ0v) is 7.49. The van der Waals surface area contributed by atoms with Gasteiger partial charge in [-0.2, -0.15) is 8.75 Å². The summed E-state index contributed by atoms with van der Waals surface area (Å²) in [6.07, 6.45) is 0. The summed E-state index contributed by atoms with van der Waals surface area (Å²) in [7, 11) is 0. The minimum Gasteiger partial charge on any atom is -0.397 e. The molecule has 2 aromatic rings. The molecule has 6 heteroatoms. The Bertz CT molecular complexity index is 438. The van der Waals surface area contributed by atoms with Crippen molar-refractivity contribution in [2.75, 3.05) is 11.5 Å². The highest BCUT2D eigenvalue weighted by Crippen LogP contribution is 2.32. The quantitative estimate of drug-likeness (QED) is 0.632. The van der Waals surface area contributed by atoms with Gasteiger partial charge in [0, 0.05) is 0 Å². The topological polar surface area (TPSA) is 77.8 Å². The zero-order valence-electron chi connectivity index (χ0n) is 5.91. The third kappa shape index (κ3) is 0.904. The van der Waals surface area contributed by atoms with Crippen LogP contribution in [0.15, 0.2) is 6.07 Å². The highest BCUT2D eigenvalue weighted by Gasteiger charge is 2.09. The summed E-state index contributed by atoms with van der Waals surface area (Å²) in [4.78, 5) is 0. The second kappa shape index (κ2) is 2.46. The standard InChI is InChI=1S/C6H5ClN4S/c7-4-2(8)1-3-6(5(4)9)11-12-10-3/h1H,8-9H2. The van der Waals surface area contributed by atoms with E-state index in [0.717, 1.165) is 11.7 Å². The SMILES string of the molecule is Nc1cc2nsnc2c(N)c1Cl. The van der Waals surface area contributed by atoms with Gasteiger partial charge in [0.05, 0.1) is 28.1 Å². The Balaban J connectivity index is 2.94. The van der Waals surface area contributed by atoms with Gasteiger partial charge in [-0.3, -0.25) is 0 Å². The van der Waals surface area contributed by atoms with Crippen LogP contribution < -0.4 is 11.5 Å². The minimum absolute atomic E-state index is 0.357. The van der Waals surface area contributed by atoms with Gasteiger partial charge < -0.3 is 11.5 Å². The smallest absolute Gasteiger partial charge is 0.129 e. The van der Waals surface area contributed by atoms with Gasteiger partial charge in [0.25, 0.3) is 0 Å². The van der Waals surface area contributed by atoms with E-state index in [2.05, 4.69) is 8.75 Å². The molecule has 0 atom stereocenters. The van der Waals surface area contributed by atoms with E-state index in [4.69, 9.17) is 23.1 Å². The molecule has 0 saturated carbocycles. The molecule has 62 valence electrons. The molecule has 1 heterocycles. The van der Waals surface area contributed by atoms with Crippen molar-refractivity contribution in [2.24, 2.45) is 0 Å². The zero-order chi connectivity index (χ0) is 8.72. The van der Waals surface area contributed by atoms with E-state index in [0.29, 0.717) is 27.4 Å². The van der Waals surface area contributed by atoms with Crippen LogP contribution in [0.2, 0.25) is 5.02 Å². The normalized spacial score (nSPS) is 10.8. The van der Waals surface area contributed by atoms with Crippen LogP contribution >= 0.6 is 23.3 Å². The van der Waals surface area contributed by atoms with Crippen molar-refractivity contribution in [3.05, 3.63) is 11.1 Å². The number of aromatic nitrogens is 2. The molecule has 1 aromatic heterocycles. The van der Waals surface area contributed by atoms with Gasteiger partial charge in [-0.05, 0) is 6.07 Å². The van der Waals surface area contributed by atoms with Crippen molar-refractivity contribution < 1.29 is 0 Å². The van der Waals surface area contributed by atoms with Gasteiger partial charge in [0.2, 0.25) is 0 Å². The number of nitrogens with zero attached hydrogens (tertiary/aromatic N) is 2. The highest BCUT2D eigenvalue weighted by atomic mass is 35.5. The molecule has 0 saturated heterocycles. The molecule has 0 aliphatic carbocycles. The summed E-state index contributed by atoms with van der Waals surface area (Å²) >= 11 is 6.89. The third-order valence-corrected chi connectivity index (χ3v) is 2.52. The summed E-state index contributed by atoms with van der Waals surface area (Å²) in [5.74, 6) is 0. The van der Waals surface area contributed by atoms with Crippen LogP contribution in [0.3, 0.4) is 0 Å². The fourth-order valence-corrected chi connectivity index (χ4v) is 1.63. The van der Waals surface area contributed by atoms with E-state index < -0.39 is 0 Å². The maximum Gasteiger partial charge on any atom is 0.129 e. The molecular weight excluding hydrogens is 196 g/mol. The molecule has 0 aliphatic heterocycles. The van der Waals surface area contributed by atoms with E-state index in [1.165, 1.54) is 0 Å². The lowest BCUT2D eigenvalue weighted by molar-refractivity contribution is 1.62. The van der Waals surface area contributed by atoms with Gasteiger partial charge in [-0.1, -0.05) is 11.6 Å². The Morgan fingerprint density at radius 3 is 2.83 bits per heavy atom. The van der Waals surface area contributed by atoms with Gasteiger partial charge in [-0.15, -0.1) is 0 Å². The predicted octanol–water partition coefficient (Wildman–Crippen LogP) is 1.51. The molecular formula is C6H5ClN4S. The Morgan fingerprint density at radius 2 is 2.08 bits per heavy atom. The number of anilines is 2. The Labute approximate surface area is 77.5 Å². The maximum absolute atomic E-state index is 5.80. The molecule has 4 N–H and O–H groups in total. The monoisotopic (exact) mass is 200 g/mol. The van der Waals surface area contributed by atoms with Crippen LogP contribution in [0.25, 0.3) is 11.0 Å². The average Bonchev–Trinajstić information content (AvgIpc) is 2.48. The van der Waals surface area contributed by atoms with E-state index >= 15 is 0 Å². The molecule has 4 nitrogen and oxygen atoms in total. The van der Waals surface area contributed by atoms with Crippen molar-refractivity contribution in [3.8, 4) is 0 Å². The third-order valence-electron chi connectivity index (χ3n) is 1.55. The average molecular weight is 201 g/mol. The van der Waals surface area contributed by atoms with Gasteiger partial charge in [0.15, 0.2) is 0 Å². The molecule has 0 fully saturated rings. The summed E-state index contributed by atoms with van der Waals surface area (Å²) < 4.78 is 7.98. The first-order valence-electron chi connectivity index (χ1n) is 3.16. The van der Waals surface area contributed by atoms with Crippen molar-refractivity contribution in [3.63, 3.8) is 0 Å². The van der Waals surface area contributed by atoms with Crippen LogP contribution in [0, 0.1) is 0 Å². The lowest BCUT2D eigenvalue weighted by atomic mass is 10.2. The second-order valence-corrected chi connectivity index (χ2v) is 3.23. The lowest BCUT2D eigenvalue weighted by Crippen LogP contribution is -1.93. The minimum atomic E-state index is 0.357. The molecule has 0 aliphatic rings. The summed E-state index contributed by atoms with van der Waals surface area (Å²) in [5, 5.41) is 0.357. The molecule has 0 radical (unpaired) electrons. The lowest BCUT2D eigenvalue weighted by Gasteiger charge is -2.00. The summed E-state index contributed by atoms with van der Waals surface area (Å²) in [6.45, 7) is 0. The number of nitrogens with two attached hydrogens (primary N) is 2. The second-order valence-electron chi connectivity index (χ2n) is 2.33. The van der Waals surface area contributed by atoms with Gasteiger partial charge in [0.1, 0.15) is 11.0 Å². The fraction of sp³-hybridized carbons (Fsp3) is 0. The highest BCUT2D eigenvalue weighted by molar-refractivity contribution is 7.00. The number of fused-ring (bicyclic) bond motifs is 1. The maximum atomic E-state index is 5.80. The van der Waals surface area contributed by atoms with Crippen molar-refractivity contribution in [1.29, 1.82) is 0 Å². The first-order valence-corrected chi connectivity index (χ1v) is 4.26. The van der Waals surface area contributed by atoms with Crippen LogP contribution in [0.1, 0.15) is 0 Å². The molecule has 1 aromatic carbocycles.